The number of ether oxygens (including phenoxy) is 1. The Bertz CT molecular complexity index is 905. The van der Waals surface area contributed by atoms with Crippen LogP contribution in [0.3, 0.4) is 0 Å². The summed E-state index contributed by atoms with van der Waals surface area (Å²) in [6, 6.07) is 9.99. The van der Waals surface area contributed by atoms with Crippen molar-refractivity contribution in [1.29, 1.82) is 0 Å². The number of amides is 1. The molecule has 2 aromatic rings. The molecule has 2 unspecified atom stereocenters. The summed E-state index contributed by atoms with van der Waals surface area (Å²) in [6.07, 6.45) is -4.50. The van der Waals surface area contributed by atoms with Crippen LogP contribution in [0.1, 0.15) is 33.8 Å². The van der Waals surface area contributed by atoms with Gasteiger partial charge >= 0.3 is 12.1 Å². The van der Waals surface area contributed by atoms with Crippen LogP contribution in [0.5, 0.6) is 0 Å². The van der Waals surface area contributed by atoms with E-state index in [0.717, 1.165) is 29.8 Å². The molecule has 0 aliphatic carbocycles. The molecule has 29 heavy (non-hydrogen) atoms. The number of halogens is 4. The highest BCUT2D eigenvalue weighted by molar-refractivity contribution is 7.99. The second kappa shape index (κ2) is 8.67. The summed E-state index contributed by atoms with van der Waals surface area (Å²) in [5.41, 5.74) is -0.0745. The number of thioether (sulfide) groups is 1. The third-order valence-corrected chi connectivity index (χ3v) is 5.94. The summed E-state index contributed by atoms with van der Waals surface area (Å²) in [6.45, 7) is 1.82. The van der Waals surface area contributed by atoms with Crippen LogP contribution in [0.25, 0.3) is 0 Å². The molecule has 3 rings (SSSR count). The van der Waals surface area contributed by atoms with Gasteiger partial charge in [0.15, 0.2) is 0 Å². The van der Waals surface area contributed by atoms with Gasteiger partial charge in [-0.05, 0) is 48.9 Å². The highest BCUT2D eigenvalue weighted by atomic mass is 35.5. The van der Waals surface area contributed by atoms with Crippen molar-refractivity contribution in [3.05, 3.63) is 70.2 Å². The van der Waals surface area contributed by atoms with Crippen LogP contribution in [-0.4, -0.2) is 35.2 Å². The van der Waals surface area contributed by atoms with Gasteiger partial charge in [0.25, 0.3) is 5.91 Å². The zero-order valence-corrected chi connectivity index (χ0v) is 16.9. The number of benzene rings is 2. The van der Waals surface area contributed by atoms with Gasteiger partial charge in [-0.3, -0.25) is 4.79 Å². The first-order chi connectivity index (χ1) is 13.7. The summed E-state index contributed by atoms with van der Waals surface area (Å²) in [7, 11) is 0. The minimum atomic E-state index is -4.50. The van der Waals surface area contributed by atoms with Crippen LogP contribution in [0.4, 0.5) is 13.2 Å². The highest BCUT2D eigenvalue weighted by Gasteiger charge is 2.43. The first kappa shape index (κ1) is 21.5. The topological polar surface area (TPSA) is 46.6 Å². The van der Waals surface area contributed by atoms with Crippen molar-refractivity contribution in [3.8, 4) is 0 Å². The summed E-state index contributed by atoms with van der Waals surface area (Å²) < 4.78 is 43.6. The van der Waals surface area contributed by atoms with Gasteiger partial charge in [0.1, 0.15) is 11.4 Å². The van der Waals surface area contributed by atoms with Crippen molar-refractivity contribution in [1.82, 2.24) is 4.90 Å². The smallest absolute Gasteiger partial charge is 0.416 e. The van der Waals surface area contributed by atoms with E-state index in [1.807, 2.05) is 0 Å². The predicted molar refractivity (Wildman–Crippen MR) is 105 cm³/mol. The number of hydrogen-bond acceptors (Lipinski definition) is 4. The van der Waals surface area contributed by atoms with E-state index in [2.05, 4.69) is 0 Å². The van der Waals surface area contributed by atoms with Crippen LogP contribution >= 0.6 is 23.4 Å². The number of esters is 1. The first-order valence-corrected chi connectivity index (χ1v) is 10.2. The Morgan fingerprint density at radius 3 is 2.48 bits per heavy atom. The van der Waals surface area contributed by atoms with Gasteiger partial charge in [0, 0.05) is 16.3 Å². The van der Waals surface area contributed by atoms with Crippen molar-refractivity contribution in [2.75, 3.05) is 12.4 Å². The molecule has 1 amide bonds. The fraction of sp³-hybridized carbons (Fsp3) is 0.300. The molecular formula is C20H17ClF3NO3S. The molecule has 0 N–H and O–H groups in total. The van der Waals surface area contributed by atoms with Crippen molar-refractivity contribution < 1.29 is 27.5 Å². The minimum Gasteiger partial charge on any atom is -0.464 e. The number of hydrogen-bond donors (Lipinski definition) is 0. The van der Waals surface area contributed by atoms with E-state index in [4.69, 9.17) is 16.3 Å². The number of carbonyl (C=O) groups is 2. The number of nitrogens with zero attached hydrogens (tertiary/aromatic N) is 1. The second-order valence-electron chi connectivity index (χ2n) is 6.30. The fourth-order valence-corrected chi connectivity index (χ4v) is 4.64. The van der Waals surface area contributed by atoms with Gasteiger partial charge < -0.3 is 9.64 Å². The van der Waals surface area contributed by atoms with Crippen LogP contribution in [0.2, 0.25) is 5.02 Å². The van der Waals surface area contributed by atoms with Gasteiger partial charge in [0.05, 0.1) is 12.2 Å². The number of alkyl halides is 3. The third-order valence-electron chi connectivity index (χ3n) is 4.39. The summed E-state index contributed by atoms with van der Waals surface area (Å²) in [4.78, 5) is 27.0. The lowest BCUT2D eigenvalue weighted by Crippen LogP contribution is -2.43. The molecule has 0 bridgehead atoms. The van der Waals surface area contributed by atoms with Crippen LogP contribution < -0.4 is 0 Å². The average Bonchev–Trinajstić information content (AvgIpc) is 3.12. The van der Waals surface area contributed by atoms with E-state index in [1.165, 1.54) is 16.7 Å². The van der Waals surface area contributed by atoms with Crippen molar-refractivity contribution >= 4 is 35.2 Å². The number of carbonyl (C=O) groups excluding carboxylic acids is 2. The maximum atomic E-state index is 13.2. The van der Waals surface area contributed by atoms with E-state index in [0.29, 0.717) is 10.8 Å². The lowest BCUT2D eigenvalue weighted by Gasteiger charge is -2.28. The lowest BCUT2D eigenvalue weighted by atomic mass is 10.1. The van der Waals surface area contributed by atoms with Crippen molar-refractivity contribution in [2.45, 2.75) is 24.5 Å². The molecule has 0 aromatic heterocycles. The molecule has 1 fully saturated rings. The maximum Gasteiger partial charge on any atom is 0.416 e. The Morgan fingerprint density at radius 2 is 1.90 bits per heavy atom. The molecule has 1 heterocycles. The van der Waals surface area contributed by atoms with E-state index < -0.39 is 35.0 Å². The average molecular weight is 444 g/mol. The lowest BCUT2D eigenvalue weighted by molar-refractivity contribution is -0.147. The largest absolute Gasteiger partial charge is 0.464 e. The molecule has 2 aromatic carbocycles. The standard InChI is InChI=1S/C20H17ClF3NO3S/c1-2-28-19(27)16-11-29-18(13-4-3-5-15(21)10-13)25(16)17(26)12-6-8-14(9-7-12)20(22,23)24/h3-10,16,18H,2,11H2,1H3. The predicted octanol–water partition coefficient (Wildman–Crippen LogP) is 5.18. The Kier molecular flexibility index (Phi) is 6.43. The molecule has 4 nitrogen and oxygen atoms in total. The molecule has 1 saturated heterocycles. The Balaban J connectivity index is 1.96. The van der Waals surface area contributed by atoms with Gasteiger partial charge in [-0.25, -0.2) is 4.79 Å². The quantitative estimate of drug-likeness (QED) is 0.611. The van der Waals surface area contributed by atoms with Gasteiger partial charge in [-0.2, -0.15) is 13.2 Å². The van der Waals surface area contributed by atoms with E-state index >= 15 is 0 Å². The first-order valence-electron chi connectivity index (χ1n) is 8.76. The zero-order chi connectivity index (χ0) is 21.2. The summed E-state index contributed by atoms with van der Waals surface area (Å²) in [5, 5.41) is -0.0393. The Labute approximate surface area is 175 Å². The van der Waals surface area contributed by atoms with Crippen molar-refractivity contribution in [2.24, 2.45) is 0 Å². The summed E-state index contributed by atoms with van der Waals surface area (Å²) in [5.74, 6) is -0.792. The molecule has 0 radical (unpaired) electrons. The molecule has 0 spiro atoms. The van der Waals surface area contributed by atoms with E-state index in [9.17, 15) is 22.8 Å². The minimum absolute atomic E-state index is 0.0572. The maximum absolute atomic E-state index is 13.2. The third kappa shape index (κ3) is 4.70. The summed E-state index contributed by atoms with van der Waals surface area (Å²) >= 11 is 7.44. The molecule has 1 aliphatic rings. The van der Waals surface area contributed by atoms with Crippen molar-refractivity contribution in [3.63, 3.8) is 0 Å². The molecule has 0 saturated carbocycles. The van der Waals surface area contributed by atoms with Gasteiger partial charge in [0.2, 0.25) is 0 Å². The Hall–Kier alpha value is -2.19. The highest BCUT2D eigenvalue weighted by Crippen LogP contribution is 2.43. The van der Waals surface area contributed by atoms with Gasteiger partial charge in [-0.1, -0.05) is 23.7 Å². The number of rotatable bonds is 4. The zero-order valence-electron chi connectivity index (χ0n) is 15.3. The normalized spacial score (nSPS) is 19.3. The molecule has 1 aliphatic heterocycles. The second-order valence-corrected chi connectivity index (χ2v) is 7.85. The Morgan fingerprint density at radius 1 is 1.21 bits per heavy atom. The monoisotopic (exact) mass is 443 g/mol. The van der Waals surface area contributed by atoms with E-state index in [-0.39, 0.29) is 12.2 Å². The molecule has 9 heteroatoms. The van der Waals surface area contributed by atoms with E-state index in [1.54, 1.807) is 31.2 Å². The van der Waals surface area contributed by atoms with Crippen LogP contribution in [0.15, 0.2) is 48.5 Å². The molecular weight excluding hydrogens is 427 g/mol. The molecule has 154 valence electrons. The van der Waals surface area contributed by atoms with Crippen LogP contribution in [0, 0.1) is 0 Å². The SMILES string of the molecule is CCOC(=O)C1CSC(c2cccc(Cl)c2)N1C(=O)c1ccc(C(F)(F)F)cc1. The van der Waals surface area contributed by atoms with Gasteiger partial charge in [-0.15, -0.1) is 11.8 Å². The molecule has 2 atom stereocenters. The fourth-order valence-electron chi connectivity index (χ4n) is 3.04. The van der Waals surface area contributed by atoms with Crippen LogP contribution in [-0.2, 0) is 15.7 Å².